The van der Waals surface area contributed by atoms with Crippen LogP contribution in [0.4, 0.5) is 5.69 Å². The van der Waals surface area contributed by atoms with Crippen molar-refractivity contribution in [2.24, 2.45) is 17.8 Å². The van der Waals surface area contributed by atoms with E-state index in [4.69, 9.17) is 58.3 Å². The number of aromatic hydroxyl groups is 7. The van der Waals surface area contributed by atoms with Crippen molar-refractivity contribution >= 4 is 53.4 Å². The lowest BCUT2D eigenvalue weighted by Crippen LogP contribution is -2.36. The van der Waals surface area contributed by atoms with Crippen LogP contribution in [0.25, 0.3) is 23.2 Å². The molecule has 0 saturated carbocycles. The van der Waals surface area contributed by atoms with Gasteiger partial charge in [0.2, 0.25) is 12.7 Å². The number of allylic oxidation sites excluding steroid dienone is 2. The molecule has 4 heterocycles. The lowest BCUT2D eigenvalue weighted by atomic mass is 9.78. The van der Waals surface area contributed by atoms with Crippen LogP contribution in [0.2, 0.25) is 0 Å². The molecule has 2 aliphatic rings. The van der Waals surface area contributed by atoms with Gasteiger partial charge in [-0.15, -0.1) is 6.58 Å². The topological polar surface area (TPSA) is 377 Å². The van der Waals surface area contributed by atoms with Crippen LogP contribution in [0.3, 0.4) is 0 Å². The van der Waals surface area contributed by atoms with Crippen molar-refractivity contribution in [3.8, 4) is 80.5 Å². The Kier molecular flexibility index (Phi) is 48.6. The minimum Gasteiger partial charge on any atom is -0.508 e. The molecule has 1 amide bonds. The number of hydrogen-bond donors (Lipinski definition) is 13. The van der Waals surface area contributed by atoms with Gasteiger partial charge >= 0.3 is 5.97 Å². The van der Waals surface area contributed by atoms with Crippen LogP contribution in [0, 0.1) is 17.8 Å². The molecule has 0 radical (unpaired) electrons. The van der Waals surface area contributed by atoms with Gasteiger partial charge in [0.15, 0.2) is 63.1 Å². The Morgan fingerprint density at radius 3 is 1.71 bits per heavy atom. The molecule has 0 fully saturated rings. The zero-order chi connectivity index (χ0) is 95.7. The second kappa shape index (κ2) is 57.5. The molecule has 26 heteroatoms. The lowest BCUT2D eigenvalue weighted by Gasteiger charge is -2.36. The summed E-state index contributed by atoms with van der Waals surface area (Å²) in [6.07, 6.45) is 28.1. The van der Waals surface area contributed by atoms with E-state index in [1.807, 2.05) is 74.5 Å². The summed E-state index contributed by atoms with van der Waals surface area (Å²) in [5.74, 6) is 8.19. The van der Waals surface area contributed by atoms with Gasteiger partial charge in [0.25, 0.3) is 5.56 Å². The van der Waals surface area contributed by atoms with Gasteiger partial charge in [-0.25, -0.2) is 4.98 Å². The molecule has 2 aromatic heterocycles. The number of H-pyrrole nitrogens is 2. The van der Waals surface area contributed by atoms with Crippen LogP contribution in [0.15, 0.2) is 194 Å². The van der Waals surface area contributed by atoms with Crippen molar-refractivity contribution in [3.05, 3.63) is 244 Å². The van der Waals surface area contributed by atoms with E-state index in [2.05, 4.69) is 121 Å². The van der Waals surface area contributed by atoms with Gasteiger partial charge in [0, 0.05) is 12.1 Å². The molecule has 129 heavy (non-hydrogen) atoms. The highest BCUT2D eigenvalue weighted by atomic mass is 32.1. The predicted molar refractivity (Wildman–Crippen MR) is 517 cm³/mol. The molecule has 0 aliphatic carbocycles. The number of fused-ring (bicyclic) bond motifs is 3. The molecular weight excluding hydrogens is 1660 g/mol. The smallest absolute Gasteiger partial charge is 0.315 e. The molecular formula is C103H139N5O20S. The third-order valence-electron chi connectivity index (χ3n) is 20.3. The number of aliphatic hydroxyl groups is 2. The predicted octanol–water partition coefficient (Wildman–Crippen LogP) is 21.9. The van der Waals surface area contributed by atoms with E-state index in [0.29, 0.717) is 52.0 Å². The molecule has 0 saturated heterocycles. The Morgan fingerprint density at radius 2 is 1.17 bits per heavy atom. The minimum atomic E-state index is -0.346. The van der Waals surface area contributed by atoms with Crippen molar-refractivity contribution in [1.29, 1.82) is 0 Å². The molecule has 25 nitrogen and oxygen atoms in total. The number of ether oxygens (including phenoxy) is 8. The molecule has 10 aromatic rings. The fourth-order valence-corrected chi connectivity index (χ4v) is 13.2. The summed E-state index contributed by atoms with van der Waals surface area (Å²) in [6.45, 7) is 32.1. The van der Waals surface area contributed by atoms with Crippen molar-refractivity contribution in [1.82, 2.24) is 20.2 Å². The molecule has 702 valence electrons. The number of esters is 1. The number of thiol groups is 1. The molecule has 3 atom stereocenters. The van der Waals surface area contributed by atoms with E-state index in [0.717, 1.165) is 117 Å². The molecule has 12 N–H and O–H groups in total. The van der Waals surface area contributed by atoms with Gasteiger partial charge in [-0.05, 0) is 241 Å². The maximum atomic E-state index is 11.3. The van der Waals surface area contributed by atoms with E-state index in [1.165, 1.54) is 92.3 Å². The van der Waals surface area contributed by atoms with E-state index in [-0.39, 0.29) is 95.0 Å². The quantitative estimate of drug-likeness (QED) is 0.00937. The molecule has 3 unspecified atom stereocenters. The van der Waals surface area contributed by atoms with E-state index in [9.17, 15) is 39.9 Å². The minimum absolute atomic E-state index is 0.00317. The number of carbonyl (C=O) groups is 2. The molecule has 2 aliphatic heterocycles. The average Bonchev–Trinajstić information content (AvgIpc) is 1.38. The average molecular weight is 1800 g/mol. The number of aromatic amines is 2. The first-order valence-corrected chi connectivity index (χ1v) is 44.1. The zero-order valence-corrected chi connectivity index (χ0v) is 79.1. The summed E-state index contributed by atoms with van der Waals surface area (Å²) in [5, 5.41) is 92.7. The number of benzene rings is 8. The first-order valence-electron chi connectivity index (χ1n) is 43.4. The third-order valence-corrected chi connectivity index (χ3v) is 20.6. The summed E-state index contributed by atoms with van der Waals surface area (Å²) in [7, 11) is 6.09. The fraction of sp³-hybridized carbons (Fsp3) is 0.408. The van der Waals surface area contributed by atoms with Crippen LogP contribution in [-0.2, 0) is 51.2 Å². The van der Waals surface area contributed by atoms with Gasteiger partial charge in [0.1, 0.15) is 40.6 Å². The summed E-state index contributed by atoms with van der Waals surface area (Å²) >= 11 is 3.90. The Balaban J connectivity index is 0.000000312. The van der Waals surface area contributed by atoms with E-state index >= 15 is 0 Å². The van der Waals surface area contributed by atoms with Crippen LogP contribution in [-0.4, -0.2) is 131 Å². The number of aromatic nitrogens is 4. The third kappa shape index (κ3) is 40.7. The standard InChI is InChI=1S/C26H44O2.C17H26O3S.C10H13NO2.C10H12O3.2C10H12O2.C8H8O3.C7H8O2.C5H4N4O/c1-20(2)9-6-10-21(3)11-7-12-22(4)13-8-17-26(5)18-16-23-19-24(27)14-15-25(23)28-26;1-16(2,3)12-7-11(9-20-14(18)10-21)8-13(15(12)19)17(4,5)6;1-2-3-10(13)11-8-4-6-9(12)7-5-8;1-13-10-7-8(3-2-6-11)4-5-9(10)12;2*1-3-4-8-5-6-9(11)10(7-8)12-2;9-4-6-1-2-7-8(3-6)11-5-10-7;1-9-7-5-3-2-4-6(7)8;10-5-3-1-8-9-4(3)6-2-7-5/h14-15,19-22,27H,6-13,16-18H2,1-5H3;7-8,19,21H,9-10H2,1-6H3;4-7,12H,2-3H2,1H3,(H,11,13);2-5,7,11-12H,6H2,1H3;3-7,11H,1-2H3;3,5-7,11H,1,4H2,2H3;1-3,9H,4-5H2;2-5,8H,1H3;1-2H,(H2,6,7,8,9,10)/b;;;3-2+;4-3+;;;;. The number of aliphatic hydroxyl groups excluding tert-OH is 2. The molecule has 12 rings (SSSR count). The van der Waals surface area contributed by atoms with E-state index in [1.54, 1.807) is 121 Å². The second-order valence-electron chi connectivity index (χ2n) is 33.7. The highest BCUT2D eigenvalue weighted by Crippen LogP contribution is 2.42. The largest absolute Gasteiger partial charge is 0.508 e. The highest BCUT2D eigenvalue weighted by molar-refractivity contribution is 7.81. The zero-order valence-electron chi connectivity index (χ0n) is 78.2. The number of carbonyl (C=O) groups excluding carboxylic acids is 2. The molecule has 8 aromatic carbocycles. The summed E-state index contributed by atoms with van der Waals surface area (Å²) < 4.78 is 41.3. The van der Waals surface area contributed by atoms with Gasteiger partial charge < -0.3 is 94.2 Å². The Labute approximate surface area is 767 Å². The van der Waals surface area contributed by atoms with E-state index < -0.39 is 0 Å². The van der Waals surface area contributed by atoms with Crippen LogP contribution in [0.1, 0.15) is 212 Å². The number of nitrogens with one attached hydrogen (secondary N) is 3. The Hall–Kier alpha value is -12.3. The maximum absolute atomic E-state index is 11.3. The number of nitrogens with zero attached hydrogens (tertiary/aromatic N) is 2. The van der Waals surface area contributed by atoms with Crippen LogP contribution >= 0.6 is 12.6 Å². The highest BCUT2D eigenvalue weighted by Gasteiger charge is 2.32. The number of phenols is 7. The van der Waals surface area contributed by atoms with Gasteiger partial charge in [0.05, 0.1) is 59.9 Å². The summed E-state index contributed by atoms with van der Waals surface area (Å²) in [6, 6.07) is 43.5. The summed E-state index contributed by atoms with van der Waals surface area (Å²) in [4.78, 5) is 39.5. The second-order valence-corrected chi connectivity index (χ2v) is 34.0. The number of aryl methyl sites for hydroxylation is 1. The SMILES string of the molecule is C/C=C/c1ccc(O)c(OC)c1.C=CCc1ccc(O)c(OC)c1.CC(C)(C)c1cc(COC(=O)CS)cc(C(C)(C)C)c1O.CC(C)CCCC(C)CCCC(C)CCCC1(C)CCc2cc(O)ccc2O1.CCCC(=O)Nc1ccc(O)cc1.COc1cc(/C=C/CO)ccc1O.COc1ccccc1O.O=c1[nH]cnc2[nH]ncc12.OCc1ccc2c(c1)OCO2. The van der Waals surface area contributed by atoms with Crippen molar-refractivity contribution in [3.63, 3.8) is 0 Å². The number of hydrogen-bond acceptors (Lipinski definition) is 23. The Morgan fingerprint density at radius 1 is 0.628 bits per heavy atom. The number of methoxy groups -OCH3 is 4. The monoisotopic (exact) mass is 1800 g/mol. The molecule has 0 bridgehead atoms. The normalized spacial score (nSPS) is 13.1. The van der Waals surface area contributed by atoms with Crippen molar-refractivity contribution in [2.75, 3.05) is 52.9 Å². The number of anilines is 1. The number of para-hydroxylation sites is 2. The Bertz CT molecular complexity index is 5080. The first-order chi connectivity index (χ1) is 61.4. The van der Waals surface area contributed by atoms with Crippen molar-refractivity contribution < 1.29 is 93.4 Å². The summed E-state index contributed by atoms with van der Waals surface area (Å²) in [5.41, 5.74) is 8.24. The lowest BCUT2D eigenvalue weighted by molar-refractivity contribution is -0.141. The van der Waals surface area contributed by atoms with Crippen LogP contribution in [0.5, 0.6) is 80.5 Å². The van der Waals surface area contributed by atoms with Crippen LogP contribution < -0.4 is 44.0 Å². The maximum Gasteiger partial charge on any atom is 0.315 e. The molecule has 0 spiro atoms. The first kappa shape index (κ1) is 109. The number of amides is 1. The number of phenolic OH excluding ortho intramolecular Hbond substituents is 7. The van der Waals surface area contributed by atoms with Crippen molar-refractivity contribution in [2.45, 2.75) is 210 Å². The number of rotatable bonds is 28. The van der Waals surface area contributed by atoms with Gasteiger partial charge in [-0.1, -0.05) is 188 Å². The van der Waals surface area contributed by atoms with Gasteiger partial charge in [-0.2, -0.15) is 17.7 Å². The van der Waals surface area contributed by atoms with Gasteiger partial charge in [-0.3, -0.25) is 19.5 Å². The fourth-order valence-electron chi connectivity index (χ4n) is 13.1.